The van der Waals surface area contributed by atoms with Gasteiger partial charge in [-0.15, -0.1) is 0 Å². The van der Waals surface area contributed by atoms with Gasteiger partial charge in [-0.3, -0.25) is 9.59 Å². The van der Waals surface area contributed by atoms with Crippen LogP contribution in [0.25, 0.3) is 45.1 Å². The zero-order valence-electron chi connectivity index (χ0n) is 32.8. The average molecular weight is 825 g/mol. The Kier molecular flexibility index (Phi) is 10.6. The van der Waals surface area contributed by atoms with Crippen molar-refractivity contribution in [2.45, 2.75) is 53.5 Å². The highest BCUT2D eigenvalue weighted by Crippen LogP contribution is 2.44. The summed E-state index contributed by atoms with van der Waals surface area (Å²) in [7, 11) is 0. The minimum Gasteiger partial charge on any atom is -0.508 e. The molecule has 0 atom stereocenters. The molecule has 0 fully saturated rings. The molecule has 1 amide bonds. The number of aromatic hydroxyl groups is 1. The number of carboxylic acid groups (broad SMARTS) is 1. The number of aromatic carboxylic acids is 1. The second kappa shape index (κ2) is 15.8. The van der Waals surface area contributed by atoms with E-state index in [4.69, 9.17) is 32.4 Å². The Morgan fingerprint density at radius 1 is 0.831 bits per heavy atom. The van der Waals surface area contributed by atoms with Crippen molar-refractivity contribution in [3.8, 4) is 39.7 Å². The molecule has 0 spiro atoms. The number of carbonyl (C=O) groups excluding carboxylic acids is 1. The summed E-state index contributed by atoms with van der Waals surface area (Å²) >= 11 is 14.0. The molecule has 2 aliphatic heterocycles. The number of benzene rings is 6. The van der Waals surface area contributed by atoms with E-state index in [9.17, 15) is 24.6 Å². The van der Waals surface area contributed by atoms with E-state index in [-0.39, 0.29) is 44.5 Å². The third kappa shape index (κ3) is 7.24. The van der Waals surface area contributed by atoms with E-state index in [0.717, 1.165) is 68.8 Å². The van der Waals surface area contributed by atoms with E-state index in [1.165, 1.54) is 24.3 Å². The van der Waals surface area contributed by atoms with E-state index in [0.29, 0.717) is 39.2 Å². The summed E-state index contributed by atoms with van der Waals surface area (Å²) in [6, 6.07) is 26.3. The highest BCUT2D eigenvalue weighted by atomic mass is 35.5. The van der Waals surface area contributed by atoms with Gasteiger partial charge in [0, 0.05) is 57.1 Å². The molecule has 0 aromatic heterocycles. The van der Waals surface area contributed by atoms with Crippen molar-refractivity contribution in [1.29, 1.82) is 0 Å². The Morgan fingerprint density at radius 3 is 2.34 bits per heavy atom. The maximum atomic E-state index is 14.1. The van der Waals surface area contributed by atoms with E-state index < -0.39 is 11.9 Å². The normalized spacial score (nSPS) is 12.4. The SMILES string of the molecule is CC/C=c1/cc2c(cc1C)=C(c1c(Cl)c(C(=O)NCc3ccc(-c4c5ccc(=O)cc-5oc5cc(O)ccc45)cc3)cc(Cl)c1C(=O)O)c1cc(C)c(CCC)cc1O2. The van der Waals surface area contributed by atoms with Crippen molar-refractivity contribution in [1.82, 2.24) is 5.32 Å². The largest absolute Gasteiger partial charge is 0.508 e. The molecule has 8 rings (SSSR count). The summed E-state index contributed by atoms with van der Waals surface area (Å²) in [5.74, 6) is -0.289. The number of hydrogen-bond acceptors (Lipinski definition) is 6. The van der Waals surface area contributed by atoms with Crippen LogP contribution in [0.4, 0.5) is 0 Å². The zero-order valence-corrected chi connectivity index (χ0v) is 34.3. The van der Waals surface area contributed by atoms with Crippen LogP contribution >= 0.6 is 23.2 Å². The highest BCUT2D eigenvalue weighted by molar-refractivity contribution is 6.40. The first-order valence-corrected chi connectivity index (χ1v) is 20.1. The molecular weight excluding hydrogens is 785 g/mol. The van der Waals surface area contributed by atoms with Crippen LogP contribution in [0.15, 0.2) is 100 Å². The lowest BCUT2D eigenvalue weighted by atomic mass is 9.86. The minimum absolute atomic E-state index is 0.0225. The van der Waals surface area contributed by atoms with Crippen molar-refractivity contribution in [3.05, 3.63) is 166 Å². The van der Waals surface area contributed by atoms with Gasteiger partial charge in [0.05, 0.1) is 21.2 Å². The van der Waals surface area contributed by atoms with Crippen LogP contribution < -0.4 is 25.9 Å². The zero-order chi connectivity index (χ0) is 41.7. The lowest BCUT2D eigenvalue weighted by Crippen LogP contribution is -2.26. The molecule has 5 aromatic carbocycles. The van der Waals surface area contributed by atoms with Crippen molar-refractivity contribution in [3.63, 3.8) is 0 Å². The van der Waals surface area contributed by atoms with Gasteiger partial charge in [0.1, 0.15) is 28.6 Å². The molecule has 10 heteroatoms. The van der Waals surface area contributed by atoms with Gasteiger partial charge in [0.15, 0.2) is 5.43 Å². The van der Waals surface area contributed by atoms with E-state index in [1.54, 1.807) is 18.2 Å². The first kappa shape index (κ1) is 39.5. The maximum Gasteiger partial charge on any atom is 0.337 e. The standard InChI is InChI=1S/C49H39Cl2NO7/c1-5-7-29-19-39-35(17-25(29)3)44(36-18-26(4)30(8-6-2)20-40(36)58-39)46-45(49(56)57)38(50)23-37(47(46)51)48(55)52-24-27-9-11-28(12-10-27)43-33-15-13-31(53)21-41(33)59-42-22-32(54)14-16-34(42)43/h7,9-23,53H,5-6,8,24H2,1-4H3,(H,52,55)(H,56,57)/b29-7-. The van der Waals surface area contributed by atoms with Gasteiger partial charge in [-0.2, -0.15) is 0 Å². The molecule has 1 aliphatic carbocycles. The van der Waals surface area contributed by atoms with Crippen LogP contribution in [0.3, 0.4) is 0 Å². The quantitative estimate of drug-likeness (QED) is 0.124. The number of hydrogen-bond donors (Lipinski definition) is 3. The Balaban J connectivity index is 1.20. The Hall–Kier alpha value is -6.35. The molecule has 3 aliphatic rings. The van der Waals surface area contributed by atoms with Crippen molar-refractivity contribution in [2.75, 3.05) is 0 Å². The van der Waals surface area contributed by atoms with Gasteiger partial charge < -0.3 is 24.7 Å². The Bertz CT molecular complexity index is 3040. The van der Waals surface area contributed by atoms with Gasteiger partial charge in [-0.05, 0) is 114 Å². The summed E-state index contributed by atoms with van der Waals surface area (Å²) in [6.45, 7) is 8.29. The molecule has 8 nitrogen and oxygen atoms in total. The number of carboxylic acids is 1. The summed E-state index contributed by atoms with van der Waals surface area (Å²) in [6.07, 6.45) is 4.69. The van der Waals surface area contributed by atoms with Crippen LogP contribution in [0, 0.1) is 13.8 Å². The number of phenolic OH excluding ortho intramolecular Hbond substituents is 1. The summed E-state index contributed by atoms with van der Waals surface area (Å²) in [5, 5.41) is 25.9. The first-order chi connectivity index (χ1) is 28.4. The number of halogens is 2. The molecule has 0 bridgehead atoms. The van der Waals surface area contributed by atoms with Gasteiger partial charge >= 0.3 is 5.97 Å². The summed E-state index contributed by atoms with van der Waals surface area (Å²) < 4.78 is 12.6. The van der Waals surface area contributed by atoms with Crippen LogP contribution in [-0.4, -0.2) is 22.1 Å². The number of aryl methyl sites for hydroxylation is 3. The van der Waals surface area contributed by atoms with Gasteiger partial charge in [-0.25, -0.2) is 4.79 Å². The fourth-order valence-electron chi connectivity index (χ4n) is 7.98. The van der Waals surface area contributed by atoms with E-state index in [1.807, 2.05) is 62.4 Å². The molecule has 2 heterocycles. The lowest BCUT2D eigenvalue weighted by molar-refractivity contribution is 0.0696. The lowest BCUT2D eigenvalue weighted by Gasteiger charge is -2.25. The molecule has 296 valence electrons. The minimum atomic E-state index is -1.29. The number of amides is 1. The molecule has 3 N–H and O–H groups in total. The molecule has 59 heavy (non-hydrogen) atoms. The van der Waals surface area contributed by atoms with Gasteiger partial charge in [0.2, 0.25) is 0 Å². The van der Waals surface area contributed by atoms with Crippen molar-refractivity contribution in [2.24, 2.45) is 0 Å². The topological polar surface area (TPSA) is 126 Å². The molecule has 0 radical (unpaired) electrons. The molecule has 5 aromatic rings. The number of fused-ring (bicyclic) bond motifs is 4. The van der Waals surface area contributed by atoms with Crippen molar-refractivity contribution < 1.29 is 29.0 Å². The second-order valence-electron chi connectivity index (χ2n) is 14.8. The van der Waals surface area contributed by atoms with E-state index >= 15 is 0 Å². The van der Waals surface area contributed by atoms with Crippen LogP contribution in [0.1, 0.15) is 80.8 Å². The summed E-state index contributed by atoms with van der Waals surface area (Å²) in [5.41, 5.74) is 7.59. The van der Waals surface area contributed by atoms with Crippen LogP contribution in [-0.2, 0) is 13.0 Å². The Labute approximate surface area is 350 Å². The molecular formula is C49H39Cl2NO7. The number of phenols is 1. The van der Waals surface area contributed by atoms with Crippen LogP contribution in [0.2, 0.25) is 10.0 Å². The maximum absolute atomic E-state index is 14.1. The number of rotatable bonds is 9. The fraction of sp³-hybridized carbons (Fsp3) is 0.163. The molecule has 0 saturated heterocycles. The van der Waals surface area contributed by atoms with Crippen LogP contribution in [0.5, 0.6) is 17.2 Å². The second-order valence-corrected chi connectivity index (χ2v) is 15.6. The number of carbonyl (C=O) groups is 2. The number of ether oxygens (including phenoxy) is 1. The van der Waals surface area contributed by atoms with Crippen molar-refractivity contribution >= 4 is 57.7 Å². The monoisotopic (exact) mass is 823 g/mol. The molecule has 0 saturated carbocycles. The number of nitrogens with one attached hydrogen (secondary N) is 1. The van der Waals surface area contributed by atoms with Gasteiger partial charge in [-0.1, -0.05) is 73.8 Å². The predicted octanol–water partition coefficient (Wildman–Crippen LogP) is 10.3. The molecule has 0 unspecified atom stereocenters. The third-order valence-electron chi connectivity index (χ3n) is 10.8. The third-order valence-corrected chi connectivity index (χ3v) is 11.5. The highest BCUT2D eigenvalue weighted by Gasteiger charge is 2.31. The smallest absolute Gasteiger partial charge is 0.337 e. The predicted molar refractivity (Wildman–Crippen MR) is 233 cm³/mol. The first-order valence-electron chi connectivity index (χ1n) is 19.4. The average Bonchev–Trinajstić information content (AvgIpc) is 3.20. The summed E-state index contributed by atoms with van der Waals surface area (Å²) in [4.78, 5) is 39.3. The fourth-order valence-corrected chi connectivity index (χ4v) is 8.59. The van der Waals surface area contributed by atoms with E-state index in [2.05, 4.69) is 25.2 Å². The Morgan fingerprint density at radius 2 is 1.61 bits per heavy atom. The van der Waals surface area contributed by atoms with Gasteiger partial charge in [0.25, 0.3) is 5.91 Å².